The number of aromatic amines is 1. The first kappa shape index (κ1) is 16.3. The van der Waals surface area contributed by atoms with Gasteiger partial charge in [0.2, 0.25) is 0 Å². The summed E-state index contributed by atoms with van der Waals surface area (Å²) in [4.78, 5) is 17.4. The lowest BCUT2D eigenvalue weighted by Crippen LogP contribution is -2.47. The fourth-order valence-corrected chi connectivity index (χ4v) is 4.18. The molecule has 1 amide bonds. The Morgan fingerprint density at radius 1 is 1.28 bits per heavy atom. The number of hydrogen-bond acceptors (Lipinski definition) is 5. The number of carbonyl (C=O) groups is 1. The van der Waals surface area contributed by atoms with E-state index in [1.54, 1.807) is 0 Å². The van der Waals surface area contributed by atoms with Crippen molar-refractivity contribution in [3.05, 3.63) is 34.5 Å². The van der Waals surface area contributed by atoms with Crippen molar-refractivity contribution in [2.45, 2.75) is 46.2 Å². The number of aryl methyl sites for hydroxylation is 3. The largest absolute Gasteiger partial charge is 0.361 e. The molecule has 3 fully saturated rings. The van der Waals surface area contributed by atoms with Gasteiger partial charge < -0.3 is 9.42 Å². The first-order valence-corrected chi connectivity index (χ1v) is 8.98. The first-order valence-electron chi connectivity index (χ1n) is 8.98. The standard InChI is InChI=1S/C18H25N5O2/c1-11-6-17(20-19-11)18(24)23-8-14-4-5-15(23)9-22(7-14)10-16-12(2)21-25-13(16)3/h6,14-15H,4-5,7-10H2,1-3H3,(H,19,20)/t14-,15+/m0/s1. The molecule has 1 N–H and O–H groups in total. The maximum Gasteiger partial charge on any atom is 0.274 e. The molecule has 7 heteroatoms. The summed E-state index contributed by atoms with van der Waals surface area (Å²) >= 11 is 0. The Balaban J connectivity index is 1.51. The van der Waals surface area contributed by atoms with Crippen molar-refractivity contribution < 1.29 is 9.32 Å². The van der Waals surface area contributed by atoms with E-state index >= 15 is 0 Å². The zero-order valence-electron chi connectivity index (χ0n) is 15.1. The Hall–Kier alpha value is -2.15. The van der Waals surface area contributed by atoms with Gasteiger partial charge in [0.25, 0.3) is 5.91 Å². The van der Waals surface area contributed by atoms with Gasteiger partial charge in [-0.25, -0.2) is 0 Å². The van der Waals surface area contributed by atoms with Gasteiger partial charge in [0.15, 0.2) is 0 Å². The lowest BCUT2D eigenvalue weighted by atomic mass is 9.94. The van der Waals surface area contributed by atoms with Crippen LogP contribution in [0.3, 0.4) is 0 Å². The summed E-state index contributed by atoms with van der Waals surface area (Å²) in [6.07, 6.45) is 2.25. The molecule has 0 radical (unpaired) electrons. The molecule has 25 heavy (non-hydrogen) atoms. The van der Waals surface area contributed by atoms with Crippen LogP contribution in [0.5, 0.6) is 0 Å². The van der Waals surface area contributed by atoms with Crippen molar-refractivity contribution in [2.75, 3.05) is 19.6 Å². The molecule has 0 aromatic carbocycles. The molecule has 3 saturated heterocycles. The van der Waals surface area contributed by atoms with E-state index in [0.29, 0.717) is 11.6 Å². The minimum absolute atomic E-state index is 0.0539. The number of piperidine rings is 1. The highest BCUT2D eigenvalue weighted by Crippen LogP contribution is 2.30. The first-order chi connectivity index (χ1) is 12.0. The van der Waals surface area contributed by atoms with Crippen LogP contribution in [-0.4, -0.2) is 56.7 Å². The number of hydrogen-bond donors (Lipinski definition) is 1. The molecule has 0 unspecified atom stereocenters. The Morgan fingerprint density at radius 3 is 2.80 bits per heavy atom. The average molecular weight is 343 g/mol. The van der Waals surface area contributed by atoms with Crippen LogP contribution in [0, 0.1) is 26.7 Å². The van der Waals surface area contributed by atoms with E-state index in [-0.39, 0.29) is 11.9 Å². The van der Waals surface area contributed by atoms with E-state index in [2.05, 4.69) is 20.3 Å². The Bertz CT molecular complexity index is 761. The minimum Gasteiger partial charge on any atom is -0.361 e. The third kappa shape index (κ3) is 3.08. The summed E-state index contributed by atoms with van der Waals surface area (Å²) < 4.78 is 5.30. The average Bonchev–Trinajstić information content (AvgIpc) is 3.02. The van der Waals surface area contributed by atoms with Crippen LogP contribution in [-0.2, 0) is 6.54 Å². The highest BCUT2D eigenvalue weighted by Gasteiger charge is 2.38. The van der Waals surface area contributed by atoms with Crippen molar-refractivity contribution in [2.24, 2.45) is 5.92 Å². The number of nitrogens with one attached hydrogen (secondary N) is 1. The number of nitrogens with zero attached hydrogens (tertiary/aromatic N) is 4. The number of carbonyl (C=O) groups excluding carboxylic acids is 1. The third-order valence-corrected chi connectivity index (χ3v) is 5.54. The van der Waals surface area contributed by atoms with Crippen LogP contribution < -0.4 is 0 Å². The van der Waals surface area contributed by atoms with Crippen LogP contribution >= 0.6 is 0 Å². The Labute approximate surface area is 147 Å². The van der Waals surface area contributed by atoms with Gasteiger partial charge in [-0.15, -0.1) is 0 Å². The van der Waals surface area contributed by atoms with Crippen LogP contribution in [0.1, 0.15) is 46.0 Å². The normalized spacial score (nSPS) is 23.9. The highest BCUT2D eigenvalue weighted by molar-refractivity contribution is 5.92. The topological polar surface area (TPSA) is 78.3 Å². The zero-order valence-corrected chi connectivity index (χ0v) is 15.1. The fraction of sp³-hybridized carbons (Fsp3) is 0.611. The summed E-state index contributed by atoms with van der Waals surface area (Å²) in [6, 6.07) is 2.09. The molecule has 0 spiro atoms. The minimum atomic E-state index is 0.0539. The predicted octanol–water partition coefficient (Wildman–Crippen LogP) is 2.06. The SMILES string of the molecule is Cc1cc(C(=O)N2C[C@H]3CC[C@@H]2CN(Cc2c(C)noc2C)C3)n[nH]1. The molecule has 3 aliphatic rings. The number of fused-ring (bicyclic) bond motifs is 4. The lowest BCUT2D eigenvalue weighted by molar-refractivity contribution is 0.0578. The van der Waals surface area contributed by atoms with E-state index in [1.807, 2.05) is 31.7 Å². The van der Waals surface area contributed by atoms with E-state index in [9.17, 15) is 4.79 Å². The van der Waals surface area contributed by atoms with Crippen molar-refractivity contribution in [1.82, 2.24) is 25.2 Å². The Morgan fingerprint density at radius 2 is 2.12 bits per heavy atom. The van der Waals surface area contributed by atoms with Crippen LogP contribution in [0.25, 0.3) is 0 Å². The molecule has 3 aliphatic heterocycles. The van der Waals surface area contributed by atoms with E-state index < -0.39 is 0 Å². The summed E-state index contributed by atoms with van der Waals surface area (Å²) in [5, 5.41) is 11.1. The molecule has 5 heterocycles. The third-order valence-electron chi connectivity index (χ3n) is 5.54. The van der Waals surface area contributed by atoms with Crippen molar-refractivity contribution in [3.63, 3.8) is 0 Å². The monoisotopic (exact) mass is 343 g/mol. The predicted molar refractivity (Wildman–Crippen MR) is 92.1 cm³/mol. The number of H-pyrrole nitrogens is 1. The molecular weight excluding hydrogens is 318 g/mol. The van der Waals surface area contributed by atoms with Gasteiger partial charge in [0, 0.05) is 43.5 Å². The lowest BCUT2D eigenvalue weighted by Gasteiger charge is -2.35. The summed E-state index contributed by atoms with van der Waals surface area (Å²) in [7, 11) is 0. The van der Waals surface area contributed by atoms with Gasteiger partial charge in [0.05, 0.1) is 5.69 Å². The molecule has 2 aromatic rings. The molecule has 2 atom stereocenters. The second kappa shape index (κ2) is 6.29. The molecule has 2 aromatic heterocycles. The quantitative estimate of drug-likeness (QED) is 0.923. The van der Waals surface area contributed by atoms with Gasteiger partial charge >= 0.3 is 0 Å². The molecule has 134 valence electrons. The summed E-state index contributed by atoms with van der Waals surface area (Å²) in [6.45, 7) is 9.47. The van der Waals surface area contributed by atoms with Gasteiger partial charge in [-0.05, 0) is 45.6 Å². The van der Waals surface area contributed by atoms with Gasteiger partial charge in [-0.1, -0.05) is 5.16 Å². The smallest absolute Gasteiger partial charge is 0.274 e. The molecule has 0 aliphatic carbocycles. The van der Waals surface area contributed by atoms with Crippen LogP contribution in [0.4, 0.5) is 0 Å². The maximum atomic E-state index is 12.9. The van der Waals surface area contributed by atoms with Crippen LogP contribution in [0.15, 0.2) is 10.6 Å². The van der Waals surface area contributed by atoms with Crippen molar-refractivity contribution in [1.29, 1.82) is 0 Å². The molecule has 5 rings (SSSR count). The van der Waals surface area contributed by atoms with E-state index in [1.165, 1.54) is 12.0 Å². The molecule has 7 nitrogen and oxygen atoms in total. The number of amides is 1. The number of rotatable bonds is 3. The highest BCUT2D eigenvalue weighted by atomic mass is 16.5. The molecule has 2 bridgehead atoms. The zero-order chi connectivity index (χ0) is 17.6. The maximum absolute atomic E-state index is 12.9. The van der Waals surface area contributed by atoms with Gasteiger partial charge in [0.1, 0.15) is 11.5 Å². The van der Waals surface area contributed by atoms with Crippen molar-refractivity contribution >= 4 is 5.91 Å². The summed E-state index contributed by atoms with van der Waals surface area (Å²) in [5.41, 5.74) is 3.60. The van der Waals surface area contributed by atoms with E-state index in [0.717, 1.165) is 49.7 Å². The summed E-state index contributed by atoms with van der Waals surface area (Å²) in [5.74, 6) is 1.47. The Kier molecular flexibility index (Phi) is 4.11. The van der Waals surface area contributed by atoms with Gasteiger partial charge in [-0.3, -0.25) is 14.8 Å². The second-order valence-electron chi connectivity index (χ2n) is 7.49. The number of aromatic nitrogens is 3. The fourth-order valence-electron chi connectivity index (χ4n) is 4.18. The molecular formula is C18H25N5O2. The van der Waals surface area contributed by atoms with Crippen LogP contribution in [0.2, 0.25) is 0 Å². The second-order valence-corrected chi connectivity index (χ2v) is 7.49. The van der Waals surface area contributed by atoms with E-state index in [4.69, 9.17) is 4.52 Å². The van der Waals surface area contributed by atoms with Gasteiger partial charge in [-0.2, -0.15) is 5.10 Å². The molecule has 0 saturated carbocycles. The van der Waals surface area contributed by atoms with Crippen molar-refractivity contribution in [3.8, 4) is 0 Å².